The molecular formula is C12H9ClN2O. The number of benzene rings is 1. The number of nitrogens with two attached hydrogens (primary N) is 1. The highest BCUT2D eigenvalue weighted by molar-refractivity contribution is 6.32. The minimum atomic E-state index is -0.439. The number of carbonyl (C=O) groups is 1. The van der Waals surface area contributed by atoms with E-state index in [9.17, 15) is 4.79 Å². The zero-order valence-electron chi connectivity index (χ0n) is 8.38. The Bertz CT molecular complexity index is 604. The maximum absolute atomic E-state index is 10.5. The van der Waals surface area contributed by atoms with Crippen LogP contribution in [0.3, 0.4) is 0 Å². The van der Waals surface area contributed by atoms with Crippen molar-refractivity contribution in [1.82, 2.24) is 4.98 Å². The second-order valence-corrected chi connectivity index (χ2v) is 3.75. The fourth-order valence-electron chi connectivity index (χ4n) is 1.40. The van der Waals surface area contributed by atoms with Crippen LogP contribution in [0.1, 0.15) is 12.0 Å². The van der Waals surface area contributed by atoms with Gasteiger partial charge in [-0.1, -0.05) is 23.4 Å². The first-order chi connectivity index (χ1) is 7.66. The largest absolute Gasteiger partial charge is 0.369 e. The van der Waals surface area contributed by atoms with E-state index in [0.29, 0.717) is 10.6 Å². The smallest absolute Gasteiger partial charge is 0.229 e. The third-order valence-corrected chi connectivity index (χ3v) is 2.44. The van der Waals surface area contributed by atoms with Gasteiger partial charge in [0.25, 0.3) is 0 Å². The number of rotatable bonds is 1. The van der Waals surface area contributed by atoms with Gasteiger partial charge in [-0.15, -0.1) is 0 Å². The molecule has 0 fully saturated rings. The van der Waals surface area contributed by atoms with Crippen LogP contribution < -0.4 is 5.73 Å². The molecule has 0 saturated carbocycles. The van der Waals surface area contributed by atoms with E-state index in [4.69, 9.17) is 17.3 Å². The Hall–Kier alpha value is -1.92. The standard InChI is InChI=1S/C12H9ClN2O/c13-10-7-11-9(4-5-15-11)6-8(10)2-1-3-12(14)16/h4-7,15H,3H2,(H2,14,16). The van der Waals surface area contributed by atoms with Gasteiger partial charge in [0.05, 0.1) is 11.4 Å². The van der Waals surface area contributed by atoms with Crippen molar-refractivity contribution in [3.05, 3.63) is 35.0 Å². The molecule has 1 amide bonds. The van der Waals surface area contributed by atoms with Gasteiger partial charge in [0.15, 0.2) is 0 Å². The molecule has 1 aromatic carbocycles. The first kappa shape index (κ1) is 10.6. The number of hydrogen-bond acceptors (Lipinski definition) is 1. The molecule has 2 aromatic rings. The van der Waals surface area contributed by atoms with Crippen LogP contribution in [0.5, 0.6) is 0 Å². The Balaban J connectivity index is 2.38. The van der Waals surface area contributed by atoms with Crippen molar-refractivity contribution in [1.29, 1.82) is 0 Å². The average Bonchev–Trinajstić information content (AvgIpc) is 2.64. The fourth-order valence-corrected chi connectivity index (χ4v) is 1.61. The summed E-state index contributed by atoms with van der Waals surface area (Å²) in [6.07, 6.45) is 1.88. The number of nitrogens with one attached hydrogen (secondary N) is 1. The Kier molecular flexibility index (Phi) is 2.84. The summed E-state index contributed by atoms with van der Waals surface area (Å²) in [7, 11) is 0. The number of amides is 1. The minimum absolute atomic E-state index is 0.0432. The van der Waals surface area contributed by atoms with Gasteiger partial charge in [-0.2, -0.15) is 0 Å². The highest BCUT2D eigenvalue weighted by Crippen LogP contribution is 2.22. The molecule has 3 nitrogen and oxygen atoms in total. The number of hydrogen-bond donors (Lipinski definition) is 2. The van der Waals surface area contributed by atoms with Crippen LogP contribution in [0, 0.1) is 11.8 Å². The summed E-state index contributed by atoms with van der Waals surface area (Å²) < 4.78 is 0. The second kappa shape index (κ2) is 4.30. The van der Waals surface area contributed by atoms with Crippen LogP contribution >= 0.6 is 11.6 Å². The van der Waals surface area contributed by atoms with Crippen LogP contribution in [0.4, 0.5) is 0 Å². The highest BCUT2D eigenvalue weighted by atomic mass is 35.5. The molecule has 4 heteroatoms. The van der Waals surface area contributed by atoms with E-state index >= 15 is 0 Å². The predicted octanol–water partition coefficient (Wildman–Crippen LogP) is 2.05. The molecule has 0 atom stereocenters. The molecule has 0 saturated heterocycles. The van der Waals surface area contributed by atoms with Crippen LogP contribution in [-0.2, 0) is 4.79 Å². The average molecular weight is 233 g/mol. The number of H-pyrrole nitrogens is 1. The SMILES string of the molecule is NC(=O)CC#Cc1cc2cc[nH]c2cc1Cl. The zero-order chi connectivity index (χ0) is 11.5. The molecule has 0 spiro atoms. The number of aromatic nitrogens is 1. The Morgan fingerprint density at radius 2 is 2.31 bits per heavy atom. The molecule has 0 aliphatic rings. The fraction of sp³-hybridized carbons (Fsp3) is 0.0833. The molecule has 0 radical (unpaired) electrons. The summed E-state index contributed by atoms with van der Waals surface area (Å²) in [5.41, 5.74) is 6.66. The van der Waals surface area contributed by atoms with E-state index in [1.54, 1.807) is 0 Å². The van der Waals surface area contributed by atoms with Crippen molar-refractivity contribution in [2.75, 3.05) is 0 Å². The van der Waals surface area contributed by atoms with Crippen molar-refractivity contribution >= 4 is 28.4 Å². The molecule has 80 valence electrons. The topological polar surface area (TPSA) is 58.9 Å². The molecule has 0 aliphatic carbocycles. The lowest BCUT2D eigenvalue weighted by atomic mass is 10.1. The Morgan fingerprint density at radius 1 is 1.50 bits per heavy atom. The molecule has 3 N–H and O–H groups in total. The maximum Gasteiger partial charge on any atom is 0.229 e. The quantitative estimate of drug-likeness (QED) is 0.727. The van der Waals surface area contributed by atoms with Gasteiger partial charge in [0.2, 0.25) is 5.91 Å². The minimum Gasteiger partial charge on any atom is -0.369 e. The summed E-state index contributed by atoms with van der Waals surface area (Å²) in [6.45, 7) is 0. The molecule has 0 unspecified atom stereocenters. The lowest BCUT2D eigenvalue weighted by Gasteiger charge is -1.96. The van der Waals surface area contributed by atoms with Crippen LogP contribution in [0.2, 0.25) is 5.02 Å². The molecule has 0 aliphatic heterocycles. The van der Waals surface area contributed by atoms with E-state index in [1.165, 1.54) is 0 Å². The molecule has 1 aromatic heterocycles. The van der Waals surface area contributed by atoms with Crippen LogP contribution in [-0.4, -0.2) is 10.9 Å². The molecule has 0 bridgehead atoms. The van der Waals surface area contributed by atoms with E-state index in [1.807, 2.05) is 24.4 Å². The Morgan fingerprint density at radius 3 is 3.06 bits per heavy atom. The first-order valence-electron chi connectivity index (χ1n) is 4.70. The van der Waals surface area contributed by atoms with Gasteiger partial charge in [-0.25, -0.2) is 0 Å². The van der Waals surface area contributed by atoms with Gasteiger partial charge in [-0.3, -0.25) is 4.79 Å². The Labute approximate surface area is 97.6 Å². The van der Waals surface area contributed by atoms with Gasteiger partial charge in [0, 0.05) is 22.7 Å². The van der Waals surface area contributed by atoms with Crippen molar-refractivity contribution in [2.24, 2.45) is 5.73 Å². The van der Waals surface area contributed by atoms with E-state index in [2.05, 4.69) is 16.8 Å². The van der Waals surface area contributed by atoms with E-state index in [-0.39, 0.29) is 6.42 Å². The first-order valence-corrected chi connectivity index (χ1v) is 5.08. The number of fused-ring (bicyclic) bond motifs is 1. The van der Waals surface area contributed by atoms with Crippen molar-refractivity contribution in [3.63, 3.8) is 0 Å². The molecule has 16 heavy (non-hydrogen) atoms. The van der Waals surface area contributed by atoms with Crippen molar-refractivity contribution < 1.29 is 4.79 Å². The number of carbonyl (C=O) groups excluding carboxylic acids is 1. The maximum atomic E-state index is 10.5. The molecular weight excluding hydrogens is 224 g/mol. The zero-order valence-corrected chi connectivity index (χ0v) is 9.14. The number of aromatic amines is 1. The summed E-state index contributed by atoms with van der Waals surface area (Å²) in [5, 5.41) is 1.60. The van der Waals surface area contributed by atoms with Crippen molar-refractivity contribution in [2.45, 2.75) is 6.42 Å². The number of primary amides is 1. The normalized spacial score (nSPS) is 9.81. The highest BCUT2D eigenvalue weighted by Gasteiger charge is 2.01. The summed E-state index contributed by atoms with van der Waals surface area (Å²) in [6, 6.07) is 5.62. The van der Waals surface area contributed by atoms with Gasteiger partial charge in [0.1, 0.15) is 0 Å². The van der Waals surface area contributed by atoms with Gasteiger partial charge in [-0.05, 0) is 18.2 Å². The second-order valence-electron chi connectivity index (χ2n) is 3.34. The monoisotopic (exact) mass is 232 g/mol. The van der Waals surface area contributed by atoms with Crippen LogP contribution in [0.15, 0.2) is 24.4 Å². The van der Waals surface area contributed by atoms with E-state index in [0.717, 1.165) is 10.9 Å². The third-order valence-electron chi connectivity index (χ3n) is 2.13. The van der Waals surface area contributed by atoms with Gasteiger partial charge >= 0.3 is 0 Å². The van der Waals surface area contributed by atoms with Crippen LogP contribution in [0.25, 0.3) is 10.9 Å². The van der Waals surface area contributed by atoms with Gasteiger partial charge < -0.3 is 10.7 Å². The van der Waals surface area contributed by atoms with E-state index < -0.39 is 5.91 Å². The number of halogens is 1. The summed E-state index contributed by atoms with van der Waals surface area (Å²) >= 11 is 6.04. The third kappa shape index (κ3) is 2.18. The predicted molar refractivity (Wildman–Crippen MR) is 64.0 cm³/mol. The lowest BCUT2D eigenvalue weighted by Crippen LogP contribution is -2.08. The lowest BCUT2D eigenvalue weighted by molar-refractivity contribution is -0.117. The molecule has 2 rings (SSSR count). The summed E-state index contributed by atoms with van der Waals surface area (Å²) in [5.74, 6) is 5.07. The summed E-state index contributed by atoms with van der Waals surface area (Å²) in [4.78, 5) is 13.6. The van der Waals surface area contributed by atoms with Crippen molar-refractivity contribution in [3.8, 4) is 11.8 Å². The molecule has 1 heterocycles.